The van der Waals surface area contributed by atoms with Crippen molar-refractivity contribution in [1.82, 2.24) is 9.97 Å². The maximum atomic E-state index is 10.7. The van der Waals surface area contributed by atoms with Gasteiger partial charge in [0.25, 0.3) is 0 Å². The molecule has 4 nitrogen and oxygen atoms in total. The van der Waals surface area contributed by atoms with E-state index in [0.717, 1.165) is 10.9 Å². The van der Waals surface area contributed by atoms with Crippen LogP contribution in [0.25, 0.3) is 10.9 Å². The molecule has 0 aliphatic carbocycles. The molecule has 2 N–H and O–H groups in total. The first-order valence-electron chi connectivity index (χ1n) is 3.86. The summed E-state index contributed by atoms with van der Waals surface area (Å²) in [5.41, 5.74) is 1.64. The van der Waals surface area contributed by atoms with E-state index in [1.165, 1.54) is 0 Å². The molecule has 2 heterocycles. The number of hydrogen-bond donors (Lipinski definition) is 2. The van der Waals surface area contributed by atoms with Gasteiger partial charge in [0.2, 0.25) is 0 Å². The van der Waals surface area contributed by atoms with Gasteiger partial charge < -0.3 is 10.1 Å². The smallest absolute Gasteiger partial charge is 0.356 e. The maximum absolute atomic E-state index is 10.7. The molecule has 2 aromatic heterocycles. The van der Waals surface area contributed by atoms with E-state index >= 15 is 0 Å². The zero-order valence-electron chi connectivity index (χ0n) is 7.03. The molecule has 0 fully saturated rings. The van der Waals surface area contributed by atoms with Crippen molar-refractivity contribution in [3.8, 4) is 0 Å². The lowest BCUT2D eigenvalue weighted by atomic mass is 10.2. The van der Waals surface area contributed by atoms with Crippen LogP contribution in [-0.2, 0) is 0 Å². The molecule has 0 aromatic carbocycles. The van der Waals surface area contributed by atoms with Crippen LogP contribution in [0.2, 0.25) is 0 Å². The number of carboxylic acid groups (broad SMARTS) is 1. The number of pyridine rings is 1. The first kappa shape index (κ1) is 7.79. The Kier molecular flexibility index (Phi) is 1.55. The molecule has 0 radical (unpaired) electrons. The molecule has 0 aliphatic rings. The molecule has 2 rings (SSSR count). The van der Waals surface area contributed by atoms with E-state index in [0.29, 0.717) is 5.52 Å². The summed E-state index contributed by atoms with van der Waals surface area (Å²) in [5, 5.41) is 9.72. The Morgan fingerprint density at radius 1 is 1.62 bits per heavy atom. The monoisotopic (exact) mass is 176 g/mol. The van der Waals surface area contributed by atoms with Crippen molar-refractivity contribution in [2.75, 3.05) is 0 Å². The van der Waals surface area contributed by atoms with Crippen molar-refractivity contribution >= 4 is 16.9 Å². The van der Waals surface area contributed by atoms with Crippen LogP contribution in [0.15, 0.2) is 18.5 Å². The number of aromatic nitrogens is 2. The van der Waals surface area contributed by atoms with Gasteiger partial charge in [-0.05, 0) is 18.6 Å². The molecule has 0 bridgehead atoms. The van der Waals surface area contributed by atoms with Crippen LogP contribution in [0.5, 0.6) is 0 Å². The molecule has 0 aliphatic heterocycles. The third-order valence-corrected chi connectivity index (χ3v) is 2.00. The second-order valence-corrected chi connectivity index (χ2v) is 2.86. The summed E-state index contributed by atoms with van der Waals surface area (Å²) >= 11 is 0. The summed E-state index contributed by atoms with van der Waals surface area (Å²) in [6.07, 6.45) is 3.28. The second kappa shape index (κ2) is 2.58. The fourth-order valence-electron chi connectivity index (χ4n) is 1.35. The van der Waals surface area contributed by atoms with Gasteiger partial charge in [-0.2, -0.15) is 0 Å². The molecule has 4 heteroatoms. The SMILES string of the molecule is Cc1cnc(C(=O)O)c2[nH]ccc12. The van der Waals surface area contributed by atoms with E-state index in [1.807, 2.05) is 13.0 Å². The highest BCUT2D eigenvalue weighted by molar-refractivity contribution is 6.00. The Morgan fingerprint density at radius 3 is 3.08 bits per heavy atom. The van der Waals surface area contributed by atoms with Gasteiger partial charge in [-0.15, -0.1) is 0 Å². The summed E-state index contributed by atoms with van der Waals surface area (Å²) in [4.78, 5) is 17.5. The van der Waals surface area contributed by atoms with Crippen LogP contribution in [0.3, 0.4) is 0 Å². The molecule has 13 heavy (non-hydrogen) atoms. The Bertz CT molecular complexity index is 473. The van der Waals surface area contributed by atoms with Gasteiger partial charge in [-0.25, -0.2) is 9.78 Å². The van der Waals surface area contributed by atoms with E-state index in [4.69, 9.17) is 5.11 Å². The summed E-state index contributed by atoms with van der Waals surface area (Å²) < 4.78 is 0. The van der Waals surface area contributed by atoms with Gasteiger partial charge in [0.1, 0.15) is 0 Å². The molecule has 0 saturated carbocycles. The zero-order valence-corrected chi connectivity index (χ0v) is 7.03. The third kappa shape index (κ3) is 1.07. The van der Waals surface area contributed by atoms with E-state index in [9.17, 15) is 4.79 Å². The number of carbonyl (C=O) groups is 1. The lowest BCUT2D eigenvalue weighted by molar-refractivity contribution is 0.0692. The molecular weight excluding hydrogens is 168 g/mol. The quantitative estimate of drug-likeness (QED) is 0.693. The maximum Gasteiger partial charge on any atom is 0.356 e. The number of hydrogen-bond acceptors (Lipinski definition) is 2. The second-order valence-electron chi connectivity index (χ2n) is 2.86. The molecule has 2 aromatic rings. The van der Waals surface area contributed by atoms with Crippen molar-refractivity contribution in [3.05, 3.63) is 29.7 Å². The lowest BCUT2D eigenvalue weighted by Crippen LogP contribution is -2.01. The van der Waals surface area contributed by atoms with E-state index in [1.54, 1.807) is 12.4 Å². The predicted octanol–water partition coefficient (Wildman–Crippen LogP) is 1.57. The Hall–Kier alpha value is -1.84. The summed E-state index contributed by atoms with van der Waals surface area (Å²) in [6, 6.07) is 1.85. The number of H-pyrrole nitrogens is 1. The largest absolute Gasteiger partial charge is 0.476 e. The summed E-state index contributed by atoms with van der Waals surface area (Å²) in [7, 11) is 0. The van der Waals surface area contributed by atoms with Gasteiger partial charge in [-0.1, -0.05) is 0 Å². The first-order valence-corrected chi connectivity index (χ1v) is 3.86. The van der Waals surface area contributed by atoms with Gasteiger partial charge in [-0.3, -0.25) is 0 Å². The van der Waals surface area contributed by atoms with Crippen molar-refractivity contribution in [2.24, 2.45) is 0 Å². The minimum absolute atomic E-state index is 0.0746. The van der Waals surface area contributed by atoms with Gasteiger partial charge in [0.15, 0.2) is 5.69 Å². The highest BCUT2D eigenvalue weighted by Crippen LogP contribution is 2.18. The number of nitrogens with zero attached hydrogens (tertiary/aromatic N) is 1. The van der Waals surface area contributed by atoms with Crippen LogP contribution >= 0.6 is 0 Å². The van der Waals surface area contributed by atoms with Crippen LogP contribution in [0.1, 0.15) is 16.1 Å². The third-order valence-electron chi connectivity index (χ3n) is 2.00. The van der Waals surface area contributed by atoms with Crippen molar-refractivity contribution < 1.29 is 9.90 Å². The van der Waals surface area contributed by atoms with Gasteiger partial charge in [0.05, 0.1) is 5.52 Å². The molecule has 0 amide bonds. The number of rotatable bonds is 1. The van der Waals surface area contributed by atoms with E-state index in [-0.39, 0.29) is 5.69 Å². The number of aromatic amines is 1. The lowest BCUT2D eigenvalue weighted by Gasteiger charge is -1.98. The van der Waals surface area contributed by atoms with Crippen LogP contribution < -0.4 is 0 Å². The molecule has 0 saturated heterocycles. The normalized spacial score (nSPS) is 10.5. The topological polar surface area (TPSA) is 66.0 Å². The summed E-state index contributed by atoms with van der Waals surface area (Å²) in [6.45, 7) is 1.90. The summed E-state index contributed by atoms with van der Waals surface area (Å²) in [5.74, 6) is -1.01. The molecule has 0 unspecified atom stereocenters. The highest BCUT2D eigenvalue weighted by Gasteiger charge is 2.11. The predicted molar refractivity (Wildman–Crippen MR) is 47.8 cm³/mol. The number of aryl methyl sites for hydroxylation is 1. The number of aromatic carboxylic acids is 1. The van der Waals surface area contributed by atoms with Crippen molar-refractivity contribution in [2.45, 2.75) is 6.92 Å². The average molecular weight is 176 g/mol. The van der Waals surface area contributed by atoms with Gasteiger partial charge in [0, 0.05) is 17.8 Å². The Morgan fingerprint density at radius 2 is 2.38 bits per heavy atom. The fraction of sp³-hybridized carbons (Fsp3) is 0.111. The van der Waals surface area contributed by atoms with Crippen molar-refractivity contribution in [3.63, 3.8) is 0 Å². The molecule has 66 valence electrons. The first-order chi connectivity index (χ1) is 6.20. The fourth-order valence-corrected chi connectivity index (χ4v) is 1.35. The molecular formula is C9H8N2O2. The molecule has 0 atom stereocenters. The van der Waals surface area contributed by atoms with Crippen LogP contribution in [0.4, 0.5) is 0 Å². The number of fused-ring (bicyclic) bond motifs is 1. The Labute approximate surface area is 74.2 Å². The van der Waals surface area contributed by atoms with E-state index < -0.39 is 5.97 Å². The van der Waals surface area contributed by atoms with Gasteiger partial charge >= 0.3 is 5.97 Å². The minimum Gasteiger partial charge on any atom is -0.476 e. The van der Waals surface area contributed by atoms with Crippen LogP contribution in [-0.4, -0.2) is 21.0 Å². The van der Waals surface area contributed by atoms with Crippen LogP contribution in [0, 0.1) is 6.92 Å². The molecule has 0 spiro atoms. The Balaban J connectivity index is 2.86. The van der Waals surface area contributed by atoms with Crippen molar-refractivity contribution in [1.29, 1.82) is 0 Å². The minimum atomic E-state index is -1.01. The highest BCUT2D eigenvalue weighted by atomic mass is 16.4. The number of carboxylic acids is 1. The standard InChI is InChI=1S/C9H8N2O2/c1-5-4-11-8(9(12)13)7-6(5)2-3-10-7/h2-4,10H,1H3,(H,12,13). The zero-order chi connectivity index (χ0) is 9.42. The van der Waals surface area contributed by atoms with E-state index in [2.05, 4.69) is 9.97 Å². The average Bonchev–Trinajstić information content (AvgIpc) is 2.53. The number of nitrogens with one attached hydrogen (secondary N) is 1.